The fourth-order valence-electron chi connectivity index (χ4n) is 2.34. The maximum Gasteiger partial charge on any atom is 0.408 e. The minimum absolute atomic E-state index is 0.0654. The van der Waals surface area contributed by atoms with Crippen molar-refractivity contribution in [3.8, 4) is 0 Å². The summed E-state index contributed by atoms with van der Waals surface area (Å²) >= 11 is 0. The van der Waals surface area contributed by atoms with Crippen molar-refractivity contribution in [2.45, 2.75) is 25.8 Å². The number of nitrogens with zero attached hydrogens (tertiary/aromatic N) is 1. The molecule has 1 rings (SSSR count). The first-order valence-corrected chi connectivity index (χ1v) is 5.30. The van der Waals surface area contributed by atoms with Crippen LogP contribution in [0, 0.1) is 5.41 Å². The fourth-order valence-corrected chi connectivity index (χ4v) is 2.34. The highest BCUT2D eigenvalue weighted by atomic mass is 16.4. The van der Waals surface area contributed by atoms with Gasteiger partial charge >= 0.3 is 18.0 Å². The molecule has 7 heteroatoms. The summed E-state index contributed by atoms with van der Waals surface area (Å²) < 4.78 is 0. The van der Waals surface area contributed by atoms with Crippen LogP contribution < -0.4 is 0 Å². The van der Waals surface area contributed by atoms with Crippen LogP contribution in [-0.2, 0) is 9.59 Å². The van der Waals surface area contributed by atoms with Gasteiger partial charge in [-0.25, -0.2) is 9.59 Å². The molecule has 0 aromatic carbocycles. The molecule has 1 aliphatic rings. The zero-order valence-corrected chi connectivity index (χ0v) is 9.92. The number of hydrogen-bond acceptors (Lipinski definition) is 3. The fraction of sp³-hybridized carbons (Fsp3) is 0.545. The Balaban J connectivity index is 3.10. The lowest BCUT2D eigenvalue weighted by Gasteiger charge is -2.23. The number of carboxylic acid groups (broad SMARTS) is 3. The Morgan fingerprint density at radius 3 is 2.17 bits per heavy atom. The van der Waals surface area contributed by atoms with Crippen molar-refractivity contribution >= 4 is 18.0 Å². The standard InChI is InChI=1S/C11H15NO6/c1-6(2)3-11(9(15)16)4-7(8(13)14)12(5-11)10(17)18/h7H,1,3-5H2,2H3,(H,13,14)(H,15,16)(H,17,18)/t7-,11-/m0/s1. The SMILES string of the molecule is C=C(C)C[C@]1(C(=O)O)C[C@@H](C(=O)O)N(C(=O)O)C1. The summed E-state index contributed by atoms with van der Waals surface area (Å²) in [4.78, 5) is 34.0. The third-order valence-corrected chi connectivity index (χ3v) is 3.06. The Labute approximate surface area is 103 Å². The molecular formula is C11H15NO6. The molecular weight excluding hydrogens is 242 g/mol. The van der Waals surface area contributed by atoms with Crippen LogP contribution in [0.25, 0.3) is 0 Å². The molecule has 1 fully saturated rings. The number of aliphatic carboxylic acids is 2. The Hall–Kier alpha value is -2.05. The predicted molar refractivity (Wildman–Crippen MR) is 60.3 cm³/mol. The van der Waals surface area contributed by atoms with Gasteiger partial charge in [0, 0.05) is 6.54 Å². The number of carboxylic acids is 2. The van der Waals surface area contributed by atoms with Crippen molar-refractivity contribution < 1.29 is 29.7 Å². The summed E-state index contributed by atoms with van der Waals surface area (Å²) in [5.74, 6) is -2.53. The van der Waals surface area contributed by atoms with E-state index in [1.165, 1.54) is 0 Å². The van der Waals surface area contributed by atoms with Crippen LogP contribution in [-0.4, -0.2) is 50.8 Å². The molecule has 18 heavy (non-hydrogen) atoms. The van der Waals surface area contributed by atoms with E-state index in [0.717, 1.165) is 0 Å². The highest BCUT2D eigenvalue weighted by Crippen LogP contribution is 2.40. The lowest BCUT2D eigenvalue weighted by molar-refractivity contribution is -0.148. The monoisotopic (exact) mass is 257 g/mol. The Morgan fingerprint density at radius 2 is 1.89 bits per heavy atom. The van der Waals surface area contributed by atoms with Gasteiger partial charge in [-0.05, 0) is 19.8 Å². The third kappa shape index (κ3) is 2.44. The molecule has 1 aliphatic heterocycles. The molecule has 1 saturated heterocycles. The highest BCUT2D eigenvalue weighted by Gasteiger charge is 2.53. The number of rotatable bonds is 4. The number of likely N-dealkylation sites (tertiary alicyclic amines) is 1. The van der Waals surface area contributed by atoms with Gasteiger partial charge in [-0.15, -0.1) is 6.58 Å². The topological polar surface area (TPSA) is 115 Å². The van der Waals surface area contributed by atoms with E-state index >= 15 is 0 Å². The summed E-state index contributed by atoms with van der Waals surface area (Å²) in [7, 11) is 0. The Kier molecular flexibility index (Phi) is 3.64. The van der Waals surface area contributed by atoms with Gasteiger partial charge in [-0.3, -0.25) is 9.69 Å². The number of hydrogen-bond donors (Lipinski definition) is 3. The van der Waals surface area contributed by atoms with E-state index in [4.69, 9.17) is 10.2 Å². The van der Waals surface area contributed by atoms with Crippen LogP contribution in [0.5, 0.6) is 0 Å². The molecule has 0 unspecified atom stereocenters. The van der Waals surface area contributed by atoms with Crippen LogP contribution in [0.2, 0.25) is 0 Å². The molecule has 7 nitrogen and oxygen atoms in total. The van der Waals surface area contributed by atoms with E-state index in [9.17, 15) is 19.5 Å². The van der Waals surface area contributed by atoms with Gasteiger partial charge in [0.1, 0.15) is 6.04 Å². The number of amides is 1. The van der Waals surface area contributed by atoms with Crippen molar-refractivity contribution in [3.05, 3.63) is 12.2 Å². The second-order valence-corrected chi connectivity index (χ2v) is 4.69. The van der Waals surface area contributed by atoms with Crippen LogP contribution in [0.3, 0.4) is 0 Å². The average molecular weight is 257 g/mol. The number of allylic oxidation sites excluding steroid dienone is 1. The molecule has 0 spiro atoms. The van der Waals surface area contributed by atoms with Crippen molar-refractivity contribution in [2.75, 3.05) is 6.54 Å². The summed E-state index contributed by atoms with van der Waals surface area (Å²) in [6, 6.07) is -1.32. The van der Waals surface area contributed by atoms with Crippen molar-refractivity contribution in [2.24, 2.45) is 5.41 Å². The van der Waals surface area contributed by atoms with Crippen LogP contribution in [0.1, 0.15) is 19.8 Å². The normalized spacial score (nSPS) is 26.9. The van der Waals surface area contributed by atoms with E-state index in [2.05, 4.69) is 6.58 Å². The van der Waals surface area contributed by atoms with E-state index in [0.29, 0.717) is 10.5 Å². The lowest BCUT2D eigenvalue weighted by Crippen LogP contribution is -2.40. The Morgan fingerprint density at radius 1 is 1.33 bits per heavy atom. The first-order valence-electron chi connectivity index (χ1n) is 5.30. The third-order valence-electron chi connectivity index (χ3n) is 3.06. The minimum Gasteiger partial charge on any atom is -0.481 e. The van der Waals surface area contributed by atoms with Crippen LogP contribution in [0.4, 0.5) is 4.79 Å². The van der Waals surface area contributed by atoms with Crippen molar-refractivity contribution in [1.82, 2.24) is 4.90 Å². The quantitative estimate of drug-likeness (QED) is 0.643. The van der Waals surface area contributed by atoms with E-state index < -0.39 is 29.5 Å². The smallest absolute Gasteiger partial charge is 0.408 e. The lowest BCUT2D eigenvalue weighted by atomic mass is 9.80. The predicted octanol–water partition coefficient (Wildman–Crippen LogP) is 0.861. The average Bonchev–Trinajstić information content (AvgIpc) is 2.58. The van der Waals surface area contributed by atoms with Gasteiger partial charge in [0.2, 0.25) is 0 Å². The molecule has 0 aromatic rings. The zero-order chi connectivity index (χ0) is 14.1. The molecule has 1 amide bonds. The van der Waals surface area contributed by atoms with Gasteiger partial charge < -0.3 is 15.3 Å². The van der Waals surface area contributed by atoms with E-state index in [1.807, 2.05) is 0 Å². The van der Waals surface area contributed by atoms with Gasteiger partial charge in [0.15, 0.2) is 0 Å². The van der Waals surface area contributed by atoms with Gasteiger partial charge in [0.05, 0.1) is 5.41 Å². The molecule has 0 saturated carbocycles. The number of carbonyl (C=O) groups is 3. The largest absolute Gasteiger partial charge is 0.481 e. The maximum absolute atomic E-state index is 11.3. The second-order valence-electron chi connectivity index (χ2n) is 4.69. The molecule has 0 radical (unpaired) electrons. The highest BCUT2D eigenvalue weighted by molar-refractivity contribution is 5.85. The van der Waals surface area contributed by atoms with E-state index in [-0.39, 0.29) is 19.4 Å². The van der Waals surface area contributed by atoms with Gasteiger partial charge in [0.25, 0.3) is 0 Å². The maximum atomic E-state index is 11.3. The van der Waals surface area contributed by atoms with Crippen molar-refractivity contribution in [3.63, 3.8) is 0 Å². The summed E-state index contributed by atoms with van der Waals surface area (Å²) in [5.41, 5.74) is -0.818. The van der Waals surface area contributed by atoms with Gasteiger partial charge in [-0.1, -0.05) is 5.57 Å². The molecule has 0 aliphatic carbocycles. The summed E-state index contributed by atoms with van der Waals surface area (Å²) in [5, 5.41) is 27.1. The minimum atomic E-state index is -1.42. The molecule has 2 atom stereocenters. The first kappa shape index (κ1) is 14.0. The molecule has 3 N–H and O–H groups in total. The summed E-state index contributed by atoms with van der Waals surface area (Å²) in [6.07, 6.45) is -1.60. The van der Waals surface area contributed by atoms with Crippen LogP contribution >= 0.6 is 0 Å². The van der Waals surface area contributed by atoms with Gasteiger partial charge in [-0.2, -0.15) is 0 Å². The first-order chi connectivity index (χ1) is 8.19. The van der Waals surface area contributed by atoms with Crippen molar-refractivity contribution in [1.29, 1.82) is 0 Å². The molecule has 1 heterocycles. The molecule has 0 aromatic heterocycles. The summed E-state index contributed by atoms with van der Waals surface area (Å²) in [6.45, 7) is 4.91. The second kappa shape index (κ2) is 4.67. The van der Waals surface area contributed by atoms with E-state index in [1.54, 1.807) is 6.92 Å². The van der Waals surface area contributed by atoms with Crippen LogP contribution in [0.15, 0.2) is 12.2 Å². The molecule has 100 valence electrons. The Bertz CT molecular complexity index is 394. The zero-order valence-electron chi connectivity index (χ0n) is 9.92. The molecule has 0 bridgehead atoms.